The molecule has 2 fully saturated rings. The van der Waals surface area contributed by atoms with Crippen molar-refractivity contribution in [1.82, 2.24) is 13.9 Å². The number of carbonyl (C=O) groups excluding carboxylic acids is 1. The lowest BCUT2D eigenvalue weighted by molar-refractivity contribution is 0.0579. The summed E-state index contributed by atoms with van der Waals surface area (Å²) in [7, 11) is -3.82. The fourth-order valence-electron chi connectivity index (χ4n) is 5.55. The van der Waals surface area contributed by atoms with E-state index in [0.717, 1.165) is 57.3 Å². The average molecular weight is 405 g/mol. The second-order valence-corrected chi connectivity index (χ2v) is 10.2. The molecular formula is C20H28N4O3S. The van der Waals surface area contributed by atoms with Crippen LogP contribution in [0, 0.1) is 5.92 Å². The van der Waals surface area contributed by atoms with E-state index in [0.29, 0.717) is 25.0 Å². The van der Waals surface area contributed by atoms with Crippen molar-refractivity contribution >= 4 is 21.9 Å². The highest BCUT2D eigenvalue weighted by Crippen LogP contribution is 2.38. The minimum absolute atomic E-state index is 0.297. The van der Waals surface area contributed by atoms with Crippen LogP contribution in [0.15, 0.2) is 6.07 Å². The Morgan fingerprint density at radius 2 is 1.75 bits per heavy atom. The fourth-order valence-corrected chi connectivity index (χ4v) is 6.71. The minimum Gasteiger partial charge on any atom is -0.307 e. The smallest absolute Gasteiger partial charge is 0.307 e. The van der Waals surface area contributed by atoms with E-state index in [-0.39, 0.29) is 0 Å². The van der Waals surface area contributed by atoms with Crippen molar-refractivity contribution in [2.45, 2.75) is 51.5 Å². The van der Waals surface area contributed by atoms with Crippen LogP contribution in [0.2, 0.25) is 0 Å². The highest BCUT2D eigenvalue weighted by Gasteiger charge is 2.48. The van der Waals surface area contributed by atoms with Crippen LogP contribution in [-0.2, 0) is 35.9 Å². The molecule has 0 radical (unpaired) electrons. The molecule has 0 bridgehead atoms. The number of benzene rings is 1. The van der Waals surface area contributed by atoms with Gasteiger partial charge >= 0.3 is 16.2 Å². The number of hydrogen-bond acceptors (Lipinski definition) is 4. The van der Waals surface area contributed by atoms with Crippen molar-refractivity contribution in [3.8, 4) is 0 Å². The van der Waals surface area contributed by atoms with Crippen LogP contribution in [0.4, 0.5) is 10.5 Å². The van der Waals surface area contributed by atoms with Crippen LogP contribution in [-0.4, -0.2) is 55.9 Å². The second-order valence-electron chi connectivity index (χ2n) is 8.53. The maximum atomic E-state index is 12.8. The Labute approximate surface area is 166 Å². The molecule has 2 saturated heterocycles. The number of urea groups is 1. The van der Waals surface area contributed by atoms with Gasteiger partial charge < -0.3 is 5.32 Å². The molecule has 2 atom stereocenters. The largest absolute Gasteiger partial charge is 0.333 e. The summed E-state index contributed by atoms with van der Waals surface area (Å²) < 4.78 is 29.2. The van der Waals surface area contributed by atoms with Crippen molar-refractivity contribution < 1.29 is 13.2 Å². The van der Waals surface area contributed by atoms with Gasteiger partial charge in [0.1, 0.15) is 0 Å². The summed E-state index contributed by atoms with van der Waals surface area (Å²) in [4.78, 5) is 14.9. The number of likely N-dealkylation sites (tertiary alicyclic amines) is 1. The lowest BCUT2D eigenvalue weighted by Crippen LogP contribution is -2.55. The maximum Gasteiger partial charge on any atom is 0.333 e. The Bertz CT molecular complexity index is 898. The van der Waals surface area contributed by atoms with Crippen LogP contribution < -0.4 is 10.0 Å². The van der Waals surface area contributed by atoms with E-state index in [2.05, 4.69) is 27.9 Å². The number of fused-ring (bicyclic) bond motifs is 3. The molecule has 28 heavy (non-hydrogen) atoms. The van der Waals surface area contributed by atoms with Crippen molar-refractivity contribution in [3.63, 3.8) is 0 Å². The molecule has 2 aliphatic carbocycles. The van der Waals surface area contributed by atoms with Crippen LogP contribution in [0.25, 0.3) is 0 Å². The lowest BCUT2D eigenvalue weighted by atomic mass is 9.92. The first-order valence-corrected chi connectivity index (χ1v) is 11.9. The molecule has 8 heteroatoms. The molecule has 2 unspecified atom stereocenters. The van der Waals surface area contributed by atoms with Gasteiger partial charge in [-0.3, -0.25) is 4.90 Å². The van der Waals surface area contributed by atoms with E-state index in [1.807, 2.05) is 0 Å². The SMILES string of the molecule is CCN1CC2CN(S(=O)(=O)NC(=O)Nc3c4c(cc5c3CCC5)CCC4)CC21. The third-order valence-electron chi connectivity index (χ3n) is 6.99. The number of nitrogens with one attached hydrogen (secondary N) is 2. The van der Waals surface area contributed by atoms with Gasteiger partial charge in [0, 0.05) is 37.3 Å². The molecule has 2 heterocycles. The molecule has 0 aromatic heterocycles. The first kappa shape index (κ1) is 18.4. The third-order valence-corrected chi connectivity index (χ3v) is 8.41. The van der Waals surface area contributed by atoms with Crippen LogP contribution in [0.5, 0.6) is 0 Å². The molecule has 152 valence electrons. The van der Waals surface area contributed by atoms with Crippen molar-refractivity contribution in [3.05, 3.63) is 28.3 Å². The summed E-state index contributed by atoms with van der Waals surface area (Å²) in [6.07, 6.45) is 6.18. The number of hydrogen-bond donors (Lipinski definition) is 2. The number of rotatable bonds is 4. The predicted molar refractivity (Wildman–Crippen MR) is 108 cm³/mol. The second kappa shape index (κ2) is 6.71. The summed E-state index contributed by atoms with van der Waals surface area (Å²) in [6.45, 7) is 4.95. The zero-order valence-electron chi connectivity index (χ0n) is 16.3. The molecule has 4 aliphatic rings. The first-order valence-electron chi connectivity index (χ1n) is 10.5. The summed E-state index contributed by atoms with van der Waals surface area (Å²) in [5.74, 6) is 0.389. The molecule has 5 rings (SSSR count). The molecule has 0 saturated carbocycles. The molecule has 2 aliphatic heterocycles. The monoisotopic (exact) mass is 404 g/mol. The summed E-state index contributed by atoms with van der Waals surface area (Å²) >= 11 is 0. The molecular weight excluding hydrogens is 376 g/mol. The van der Waals surface area contributed by atoms with Crippen molar-refractivity contribution in [1.29, 1.82) is 0 Å². The summed E-state index contributed by atoms with van der Waals surface area (Å²) in [5.41, 5.74) is 5.90. The molecule has 1 aromatic carbocycles. The van der Waals surface area contributed by atoms with E-state index >= 15 is 0 Å². The van der Waals surface area contributed by atoms with Gasteiger partial charge in [0.25, 0.3) is 0 Å². The van der Waals surface area contributed by atoms with E-state index in [1.54, 1.807) is 0 Å². The lowest BCUT2D eigenvalue weighted by Gasteiger charge is -2.42. The normalized spacial score (nSPS) is 26.5. The average Bonchev–Trinajstić information content (AvgIpc) is 3.34. The highest BCUT2D eigenvalue weighted by atomic mass is 32.2. The van der Waals surface area contributed by atoms with Crippen LogP contribution in [0.3, 0.4) is 0 Å². The number of nitrogens with zero attached hydrogens (tertiary/aromatic N) is 2. The molecule has 1 aromatic rings. The Morgan fingerprint density at radius 1 is 1.07 bits per heavy atom. The van der Waals surface area contributed by atoms with E-state index < -0.39 is 16.2 Å². The van der Waals surface area contributed by atoms with E-state index in [1.165, 1.54) is 26.6 Å². The Morgan fingerprint density at radius 3 is 2.39 bits per heavy atom. The third kappa shape index (κ3) is 2.93. The number of aryl methyl sites for hydroxylation is 2. The quantitative estimate of drug-likeness (QED) is 0.800. The first-order chi connectivity index (χ1) is 13.5. The molecule has 0 spiro atoms. The van der Waals surface area contributed by atoms with Crippen LogP contribution in [0.1, 0.15) is 42.0 Å². The summed E-state index contributed by atoms with van der Waals surface area (Å²) in [5, 5.41) is 2.91. The molecule has 7 nitrogen and oxygen atoms in total. The summed E-state index contributed by atoms with van der Waals surface area (Å²) in [6, 6.07) is 1.95. The maximum absolute atomic E-state index is 12.8. The van der Waals surface area contributed by atoms with Gasteiger partial charge in [-0.1, -0.05) is 13.0 Å². The van der Waals surface area contributed by atoms with Crippen LogP contribution >= 0.6 is 0 Å². The van der Waals surface area contributed by atoms with Gasteiger partial charge in [-0.25, -0.2) is 9.52 Å². The Hall–Kier alpha value is -1.64. The zero-order chi connectivity index (χ0) is 19.5. The van der Waals surface area contributed by atoms with Crippen molar-refractivity contribution in [2.75, 3.05) is 31.5 Å². The van der Waals surface area contributed by atoms with Gasteiger partial charge in [-0.15, -0.1) is 0 Å². The van der Waals surface area contributed by atoms with Gasteiger partial charge in [0.2, 0.25) is 0 Å². The fraction of sp³-hybridized carbons (Fsp3) is 0.650. The Kier molecular flexibility index (Phi) is 4.41. The molecule has 2 N–H and O–H groups in total. The van der Waals surface area contributed by atoms with Gasteiger partial charge in [0.05, 0.1) is 0 Å². The topological polar surface area (TPSA) is 81.8 Å². The van der Waals surface area contributed by atoms with Crippen molar-refractivity contribution in [2.24, 2.45) is 5.92 Å². The number of anilines is 1. The number of amides is 2. The minimum atomic E-state index is -3.82. The number of carbonyl (C=O) groups is 1. The zero-order valence-corrected chi connectivity index (χ0v) is 17.1. The standard InChI is InChI=1S/C20H28N4O3S/c1-2-23-10-15-11-24(12-18(15)23)28(26,27)22-20(25)21-19-16-7-3-5-13(16)9-14-6-4-8-17(14)19/h9,15,18H,2-8,10-12H2,1H3,(H2,21,22,25). The number of likely N-dealkylation sites (N-methyl/N-ethyl adjacent to an activating group) is 1. The Balaban J connectivity index is 1.31. The van der Waals surface area contributed by atoms with E-state index in [4.69, 9.17) is 0 Å². The highest BCUT2D eigenvalue weighted by molar-refractivity contribution is 7.87. The predicted octanol–water partition coefficient (Wildman–Crippen LogP) is 1.67. The van der Waals surface area contributed by atoms with Gasteiger partial charge in [0.15, 0.2) is 0 Å². The molecule has 2 amide bonds. The van der Waals surface area contributed by atoms with Gasteiger partial charge in [-0.05, 0) is 67.3 Å². The van der Waals surface area contributed by atoms with Gasteiger partial charge in [-0.2, -0.15) is 12.7 Å². The van der Waals surface area contributed by atoms with E-state index in [9.17, 15) is 13.2 Å².